The second-order valence-electron chi connectivity index (χ2n) is 4.18. The molecule has 0 unspecified atom stereocenters. The first-order valence-electron chi connectivity index (χ1n) is 5.22. The van der Waals surface area contributed by atoms with Crippen molar-refractivity contribution < 1.29 is 0 Å². The molecule has 0 saturated carbocycles. The minimum Gasteiger partial charge on any atom is -0.389 e. The highest BCUT2D eigenvalue weighted by Crippen LogP contribution is 2.22. The van der Waals surface area contributed by atoms with E-state index in [-0.39, 0.29) is 0 Å². The van der Waals surface area contributed by atoms with Gasteiger partial charge >= 0.3 is 0 Å². The lowest BCUT2D eigenvalue weighted by atomic mass is 10.1. The molecule has 1 rings (SSSR count). The average molecular weight is 238 g/mol. The van der Waals surface area contributed by atoms with Gasteiger partial charge in [0.15, 0.2) is 5.82 Å². The third-order valence-corrected chi connectivity index (χ3v) is 3.00. The molecule has 0 aliphatic rings. The maximum atomic E-state index is 5.76. The van der Waals surface area contributed by atoms with Crippen LogP contribution < -0.4 is 10.6 Å². The number of nitrogens with two attached hydrogens (primary N) is 1. The van der Waals surface area contributed by atoms with Crippen LogP contribution in [0, 0.1) is 13.8 Å². The summed E-state index contributed by atoms with van der Waals surface area (Å²) in [6, 6.07) is 0.324. The standard InChI is InChI=1S/C11H18N4S/c1-6(2)15(5)11-9(10(12)16)7(3)8(4)13-14-11/h6H,1-5H3,(H2,12,16). The lowest BCUT2D eigenvalue weighted by Crippen LogP contribution is -2.30. The quantitative estimate of drug-likeness (QED) is 0.810. The molecule has 0 spiro atoms. The van der Waals surface area contributed by atoms with Crippen LogP contribution in [0.5, 0.6) is 0 Å². The summed E-state index contributed by atoms with van der Waals surface area (Å²) in [6.45, 7) is 8.04. The monoisotopic (exact) mass is 238 g/mol. The van der Waals surface area contributed by atoms with Crippen LogP contribution in [-0.2, 0) is 0 Å². The predicted molar refractivity (Wildman–Crippen MR) is 70.9 cm³/mol. The summed E-state index contributed by atoms with van der Waals surface area (Å²) in [7, 11) is 1.96. The Labute approximate surface area is 102 Å². The Bertz CT molecular complexity index is 415. The third-order valence-electron chi connectivity index (χ3n) is 2.79. The molecule has 0 saturated heterocycles. The molecule has 0 aliphatic carbocycles. The number of hydrogen-bond acceptors (Lipinski definition) is 4. The first kappa shape index (κ1) is 12.8. The van der Waals surface area contributed by atoms with Crippen LogP contribution in [0.3, 0.4) is 0 Å². The number of aryl methyl sites for hydroxylation is 1. The number of aromatic nitrogens is 2. The Morgan fingerprint density at radius 1 is 1.31 bits per heavy atom. The third kappa shape index (κ3) is 2.29. The Hall–Kier alpha value is -1.23. The van der Waals surface area contributed by atoms with E-state index in [0.717, 1.165) is 22.6 Å². The van der Waals surface area contributed by atoms with E-state index in [0.29, 0.717) is 11.0 Å². The van der Waals surface area contributed by atoms with Crippen molar-refractivity contribution in [1.82, 2.24) is 10.2 Å². The van der Waals surface area contributed by atoms with E-state index in [9.17, 15) is 0 Å². The maximum Gasteiger partial charge on any atom is 0.161 e. The van der Waals surface area contributed by atoms with Crippen LogP contribution in [0.15, 0.2) is 0 Å². The number of thiocarbonyl (C=S) groups is 1. The van der Waals surface area contributed by atoms with Gasteiger partial charge in [-0.15, -0.1) is 5.10 Å². The van der Waals surface area contributed by atoms with Gasteiger partial charge in [0, 0.05) is 13.1 Å². The van der Waals surface area contributed by atoms with Crippen molar-refractivity contribution in [2.24, 2.45) is 5.73 Å². The Balaban J connectivity index is 3.40. The van der Waals surface area contributed by atoms with E-state index >= 15 is 0 Å². The molecular weight excluding hydrogens is 220 g/mol. The minimum absolute atomic E-state index is 0.324. The zero-order chi connectivity index (χ0) is 12.5. The number of rotatable bonds is 3. The van der Waals surface area contributed by atoms with E-state index in [2.05, 4.69) is 24.0 Å². The molecule has 0 radical (unpaired) electrons. The second kappa shape index (κ2) is 4.74. The molecule has 1 aromatic heterocycles. The highest BCUT2D eigenvalue weighted by molar-refractivity contribution is 7.80. The maximum absolute atomic E-state index is 5.76. The Morgan fingerprint density at radius 3 is 2.31 bits per heavy atom. The molecule has 0 fully saturated rings. The average Bonchev–Trinajstić information content (AvgIpc) is 2.20. The summed E-state index contributed by atoms with van der Waals surface area (Å²) in [4.78, 5) is 2.39. The Kier molecular flexibility index (Phi) is 3.80. The molecule has 0 aliphatic heterocycles. The summed E-state index contributed by atoms with van der Waals surface area (Å²) in [5.74, 6) is 0.755. The molecule has 0 amide bonds. The fraction of sp³-hybridized carbons (Fsp3) is 0.545. The van der Waals surface area contributed by atoms with Gasteiger partial charge in [0.1, 0.15) is 4.99 Å². The lowest BCUT2D eigenvalue weighted by molar-refractivity contribution is 0.729. The zero-order valence-electron chi connectivity index (χ0n) is 10.4. The van der Waals surface area contributed by atoms with Crippen LogP contribution in [0.2, 0.25) is 0 Å². The van der Waals surface area contributed by atoms with Gasteiger partial charge < -0.3 is 10.6 Å². The smallest absolute Gasteiger partial charge is 0.161 e. The topological polar surface area (TPSA) is 55.0 Å². The SMILES string of the molecule is Cc1nnc(N(C)C(C)C)c(C(N)=S)c1C. The van der Waals surface area contributed by atoms with Crippen molar-refractivity contribution in [2.45, 2.75) is 33.7 Å². The van der Waals surface area contributed by atoms with E-state index < -0.39 is 0 Å². The largest absolute Gasteiger partial charge is 0.389 e. The van der Waals surface area contributed by atoms with Gasteiger partial charge in [0.2, 0.25) is 0 Å². The summed E-state index contributed by atoms with van der Waals surface area (Å²) in [6.07, 6.45) is 0. The van der Waals surface area contributed by atoms with Crippen LogP contribution in [0.4, 0.5) is 5.82 Å². The molecule has 0 atom stereocenters. The number of anilines is 1. The highest BCUT2D eigenvalue weighted by atomic mass is 32.1. The summed E-state index contributed by atoms with van der Waals surface area (Å²) >= 11 is 5.09. The van der Waals surface area contributed by atoms with Gasteiger partial charge in [0.25, 0.3) is 0 Å². The van der Waals surface area contributed by atoms with Gasteiger partial charge in [0.05, 0.1) is 11.3 Å². The van der Waals surface area contributed by atoms with E-state index in [1.165, 1.54) is 0 Å². The number of nitrogens with zero attached hydrogens (tertiary/aromatic N) is 3. The van der Waals surface area contributed by atoms with Gasteiger partial charge in [-0.2, -0.15) is 5.10 Å². The van der Waals surface area contributed by atoms with Gasteiger partial charge in [-0.25, -0.2) is 0 Å². The van der Waals surface area contributed by atoms with E-state index in [1.54, 1.807) is 0 Å². The highest BCUT2D eigenvalue weighted by Gasteiger charge is 2.18. The first-order valence-corrected chi connectivity index (χ1v) is 5.63. The second-order valence-corrected chi connectivity index (χ2v) is 4.62. The van der Waals surface area contributed by atoms with Crippen molar-refractivity contribution in [3.63, 3.8) is 0 Å². The number of hydrogen-bond donors (Lipinski definition) is 1. The molecule has 4 nitrogen and oxygen atoms in total. The van der Waals surface area contributed by atoms with Crippen LogP contribution in [-0.4, -0.2) is 28.3 Å². The molecular formula is C11H18N4S. The van der Waals surface area contributed by atoms with Gasteiger partial charge in [-0.1, -0.05) is 12.2 Å². The lowest BCUT2D eigenvalue weighted by Gasteiger charge is -2.25. The molecule has 0 bridgehead atoms. The normalized spacial score (nSPS) is 10.6. The van der Waals surface area contributed by atoms with Crippen LogP contribution >= 0.6 is 12.2 Å². The van der Waals surface area contributed by atoms with Crippen molar-refractivity contribution in [3.05, 3.63) is 16.8 Å². The zero-order valence-corrected chi connectivity index (χ0v) is 11.2. The molecule has 2 N–H and O–H groups in total. The summed E-state index contributed by atoms with van der Waals surface area (Å²) in [5.41, 5.74) is 8.46. The molecule has 5 heteroatoms. The van der Waals surface area contributed by atoms with Gasteiger partial charge in [-0.05, 0) is 33.3 Å². The Morgan fingerprint density at radius 2 is 1.88 bits per heavy atom. The molecule has 88 valence electrons. The van der Waals surface area contributed by atoms with Crippen LogP contribution in [0.25, 0.3) is 0 Å². The predicted octanol–water partition coefficient (Wildman–Crippen LogP) is 1.57. The summed E-state index contributed by atoms with van der Waals surface area (Å²) in [5, 5.41) is 8.31. The van der Waals surface area contributed by atoms with Crippen molar-refractivity contribution >= 4 is 23.0 Å². The van der Waals surface area contributed by atoms with E-state index in [1.807, 2.05) is 25.8 Å². The van der Waals surface area contributed by atoms with Crippen molar-refractivity contribution in [3.8, 4) is 0 Å². The molecule has 1 aromatic rings. The molecule has 1 heterocycles. The van der Waals surface area contributed by atoms with E-state index in [4.69, 9.17) is 18.0 Å². The molecule has 16 heavy (non-hydrogen) atoms. The fourth-order valence-electron chi connectivity index (χ4n) is 1.38. The summed E-state index contributed by atoms with van der Waals surface area (Å²) < 4.78 is 0. The van der Waals surface area contributed by atoms with Crippen LogP contribution in [0.1, 0.15) is 30.7 Å². The van der Waals surface area contributed by atoms with Gasteiger partial charge in [-0.3, -0.25) is 0 Å². The first-order chi connectivity index (χ1) is 7.36. The van der Waals surface area contributed by atoms with Crippen molar-refractivity contribution in [2.75, 3.05) is 11.9 Å². The molecule has 0 aromatic carbocycles. The fourth-order valence-corrected chi connectivity index (χ4v) is 1.63. The van der Waals surface area contributed by atoms with Crippen molar-refractivity contribution in [1.29, 1.82) is 0 Å². The minimum atomic E-state index is 0.324.